The molecule has 0 saturated carbocycles. The van der Waals surface area contributed by atoms with Crippen LogP contribution in [-0.2, 0) is 22.7 Å². The van der Waals surface area contributed by atoms with Gasteiger partial charge in [-0.3, -0.25) is 4.99 Å². The average Bonchev–Trinajstić information content (AvgIpc) is 3.09. The molecule has 31 heavy (non-hydrogen) atoms. The SMILES string of the molecule is CCNC(=NCCc1c[nH]c2cc(C)ccc12)NCCc1ccc(S(C)(=O)=O)cc1.I. The maximum absolute atomic E-state index is 11.6. The van der Waals surface area contributed by atoms with Gasteiger partial charge in [0, 0.05) is 43.0 Å². The van der Waals surface area contributed by atoms with Crippen LogP contribution >= 0.6 is 24.0 Å². The number of aryl methyl sites for hydroxylation is 1. The Balaban J connectivity index is 0.00000341. The number of hydrogen-bond acceptors (Lipinski definition) is 3. The van der Waals surface area contributed by atoms with E-state index in [2.05, 4.69) is 46.9 Å². The first-order valence-corrected chi connectivity index (χ1v) is 12.1. The molecular formula is C23H31IN4O2S. The Kier molecular flexibility index (Phi) is 9.36. The number of aromatic nitrogens is 1. The van der Waals surface area contributed by atoms with Crippen molar-refractivity contribution in [3.05, 3.63) is 65.4 Å². The first-order chi connectivity index (χ1) is 14.4. The Bertz CT molecular complexity index is 1120. The van der Waals surface area contributed by atoms with Gasteiger partial charge in [-0.05, 0) is 61.6 Å². The molecule has 3 N–H and O–H groups in total. The van der Waals surface area contributed by atoms with E-state index in [0.717, 1.165) is 37.5 Å². The van der Waals surface area contributed by atoms with Gasteiger partial charge in [0.1, 0.15) is 0 Å². The lowest BCUT2D eigenvalue weighted by Gasteiger charge is -2.11. The van der Waals surface area contributed by atoms with Crippen LogP contribution in [0.2, 0.25) is 0 Å². The summed E-state index contributed by atoms with van der Waals surface area (Å²) in [4.78, 5) is 8.38. The van der Waals surface area contributed by atoms with Crippen molar-refractivity contribution in [1.82, 2.24) is 15.6 Å². The minimum atomic E-state index is -3.15. The molecule has 6 nitrogen and oxygen atoms in total. The second kappa shape index (κ2) is 11.5. The zero-order valence-corrected chi connectivity index (χ0v) is 21.4. The number of aromatic amines is 1. The predicted molar refractivity (Wildman–Crippen MR) is 139 cm³/mol. The number of hydrogen-bond donors (Lipinski definition) is 3. The van der Waals surface area contributed by atoms with Gasteiger partial charge in [0.05, 0.1) is 4.90 Å². The fourth-order valence-electron chi connectivity index (χ4n) is 3.37. The van der Waals surface area contributed by atoms with Crippen LogP contribution in [-0.4, -0.2) is 45.3 Å². The number of sulfone groups is 1. The second-order valence-corrected chi connectivity index (χ2v) is 9.48. The first kappa shape index (κ1) is 25.2. The quantitative estimate of drug-likeness (QED) is 0.225. The molecule has 168 valence electrons. The number of benzene rings is 2. The molecule has 3 aromatic rings. The van der Waals surface area contributed by atoms with Crippen LogP contribution in [0.4, 0.5) is 0 Å². The Hall–Kier alpha value is -2.07. The molecule has 8 heteroatoms. The van der Waals surface area contributed by atoms with Crippen LogP contribution < -0.4 is 10.6 Å². The van der Waals surface area contributed by atoms with Crippen LogP contribution in [0.15, 0.2) is 58.5 Å². The van der Waals surface area contributed by atoms with Gasteiger partial charge in [-0.25, -0.2) is 8.42 Å². The number of nitrogens with one attached hydrogen (secondary N) is 3. The fourth-order valence-corrected chi connectivity index (χ4v) is 4.00. The molecule has 3 rings (SSSR count). The van der Waals surface area contributed by atoms with Crippen molar-refractivity contribution in [2.75, 3.05) is 25.9 Å². The summed E-state index contributed by atoms with van der Waals surface area (Å²) in [6.07, 6.45) is 4.95. The molecule has 0 unspecified atom stereocenters. The summed E-state index contributed by atoms with van der Waals surface area (Å²) in [7, 11) is -3.15. The van der Waals surface area contributed by atoms with Gasteiger partial charge in [0.2, 0.25) is 0 Å². The van der Waals surface area contributed by atoms with E-state index in [4.69, 9.17) is 4.99 Å². The van der Waals surface area contributed by atoms with Crippen LogP contribution in [0.3, 0.4) is 0 Å². The van der Waals surface area contributed by atoms with E-state index in [1.807, 2.05) is 19.1 Å². The summed E-state index contributed by atoms with van der Waals surface area (Å²) in [5.41, 5.74) is 4.77. The number of nitrogens with zero attached hydrogens (tertiary/aromatic N) is 1. The lowest BCUT2D eigenvalue weighted by Crippen LogP contribution is -2.38. The van der Waals surface area contributed by atoms with E-state index in [1.165, 1.54) is 28.3 Å². The number of guanidine groups is 1. The number of halogens is 1. The molecule has 0 aliphatic carbocycles. The summed E-state index contributed by atoms with van der Waals surface area (Å²) in [5, 5.41) is 7.88. The summed E-state index contributed by atoms with van der Waals surface area (Å²) in [5.74, 6) is 0.793. The summed E-state index contributed by atoms with van der Waals surface area (Å²) < 4.78 is 23.1. The van der Waals surface area contributed by atoms with Crippen LogP contribution in [0.25, 0.3) is 10.9 Å². The average molecular weight is 554 g/mol. The molecule has 0 aliphatic heterocycles. The van der Waals surface area contributed by atoms with Gasteiger partial charge in [-0.1, -0.05) is 24.3 Å². The third-order valence-electron chi connectivity index (χ3n) is 4.98. The molecule has 0 atom stereocenters. The molecular weight excluding hydrogens is 523 g/mol. The molecule has 1 aromatic heterocycles. The molecule has 1 heterocycles. The Labute approximate surface area is 201 Å². The smallest absolute Gasteiger partial charge is 0.191 e. The molecule has 0 spiro atoms. The highest BCUT2D eigenvalue weighted by Gasteiger charge is 2.07. The minimum Gasteiger partial charge on any atom is -0.361 e. The maximum atomic E-state index is 11.6. The van der Waals surface area contributed by atoms with Crippen LogP contribution in [0.1, 0.15) is 23.6 Å². The fraction of sp³-hybridized carbons (Fsp3) is 0.348. The lowest BCUT2D eigenvalue weighted by atomic mass is 10.1. The standard InChI is InChI=1S/C23H30N4O2S.HI/c1-4-24-23(25-13-11-18-6-8-20(9-7-18)30(3,28)29)26-14-12-19-16-27-22-15-17(2)5-10-21(19)22;/h5-10,15-16,27H,4,11-14H2,1-3H3,(H2,24,25,26);1H. The first-order valence-electron chi connectivity index (χ1n) is 10.2. The number of rotatable bonds is 8. The highest BCUT2D eigenvalue weighted by molar-refractivity contribution is 14.0. The van der Waals surface area contributed by atoms with E-state index < -0.39 is 9.84 Å². The van der Waals surface area contributed by atoms with Gasteiger partial charge >= 0.3 is 0 Å². The molecule has 0 amide bonds. The minimum absolute atomic E-state index is 0. The lowest BCUT2D eigenvalue weighted by molar-refractivity contribution is 0.602. The van der Waals surface area contributed by atoms with Crippen molar-refractivity contribution in [3.63, 3.8) is 0 Å². The zero-order valence-electron chi connectivity index (χ0n) is 18.2. The van der Waals surface area contributed by atoms with Crippen molar-refractivity contribution >= 4 is 50.7 Å². The number of aliphatic imine (C=N–C) groups is 1. The molecule has 0 bridgehead atoms. The van der Waals surface area contributed by atoms with Gasteiger partial charge < -0.3 is 15.6 Å². The highest BCUT2D eigenvalue weighted by Crippen LogP contribution is 2.19. The van der Waals surface area contributed by atoms with Crippen molar-refractivity contribution in [2.45, 2.75) is 31.6 Å². The van der Waals surface area contributed by atoms with Crippen molar-refractivity contribution in [3.8, 4) is 0 Å². The second-order valence-electron chi connectivity index (χ2n) is 7.47. The van der Waals surface area contributed by atoms with Gasteiger partial charge in [-0.15, -0.1) is 24.0 Å². The number of fused-ring (bicyclic) bond motifs is 1. The van der Waals surface area contributed by atoms with E-state index >= 15 is 0 Å². The summed E-state index contributed by atoms with van der Waals surface area (Å²) in [6.45, 7) is 6.35. The van der Waals surface area contributed by atoms with E-state index in [1.54, 1.807) is 12.1 Å². The highest BCUT2D eigenvalue weighted by atomic mass is 127. The molecule has 0 saturated heterocycles. The number of H-pyrrole nitrogens is 1. The van der Waals surface area contributed by atoms with Crippen LogP contribution in [0, 0.1) is 6.92 Å². The van der Waals surface area contributed by atoms with E-state index in [0.29, 0.717) is 11.4 Å². The van der Waals surface area contributed by atoms with Crippen molar-refractivity contribution < 1.29 is 8.42 Å². The monoisotopic (exact) mass is 554 g/mol. The van der Waals surface area contributed by atoms with Gasteiger partial charge in [-0.2, -0.15) is 0 Å². The topological polar surface area (TPSA) is 86.3 Å². The zero-order chi connectivity index (χ0) is 21.6. The Morgan fingerprint density at radius 3 is 2.48 bits per heavy atom. The third kappa shape index (κ3) is 7.24. The normalized spacial score (nSPS) is 11.9. The maximum Gasteiger partial charge on any atom is 0.191 e. The Morgan fingerprint density at radius 2 is 1.81 bits per heavy atom. The predicted octanol–water partition coefficient (Wildman–Crippen LogP) is 3.84. The van der Waals surface area contributed by atoms with Crippen molar-refractivity contribution in [2.24, 2.45) is 4.99 Å². The largest absolute Gasteiger partial charge is 0.361 e. The van der Waals surface area contributed by atoms with Crippen LogP contribution in [0.5, 0.6) is 0 Å². The van der Waals surface area contributed by atoms with Gasteiger partial charge in [0.25, 0.3) is 0 Å². The molecule has 2 aromatic carbocycles. The van der Waals surface area contributed by atoms with E-state index in [-0.39, 0.29) is 24.0 Å². The molecule has 0 radical (unpaired) electrons. The van der Waals surface area contributed by atoms with E-state index in [9.17, 15) is 8.42 Å². The van der Waals surface area contributed by atoms with Gasteiger partial charge in [0.15, 0.2) is 15.8 Å². The molecule has 0 aliphatic rings. The Morgan fingerprint density at radius 1 is 1.06 bits per heavy atom. The van der Waals surface area contributed by atoms with Crippen molar-refractivity contribution in [1.29, 1.82) is 0 Å². The molecule has 0 fully saturated rings. The third-order valence-corrected chi connectivity index (χ3v) is 6.10. The summed E-state index contributed by atoms with van der Waals surface area (Å²) >= 11 is 0. The summed E-state index contributed by atoms with van der Waals surface area (Å²) in [6, 6.07) is 13.5.